The van der Waals surface area contributed by atoms with E-state index in [2.05, 4.69) is 4.72 Å². The molecule has 1 aliphatic heterocycles. The van der Waals surface area contributed by atoms with Crippen LogP contribution in [0.25, 0.3) is 0 Å². The number of benzene rings is 1. The average Bonchev–Trinajstić information content (AvgIpc) is 2.43. The molecule has 0 saturated carbocycles. The van der Waals surface area contributed by atoms with Gasteiger partial charge >= 0.3 is 0 Å². The Morgan fingerprint density at radius 2 is 2.06 bits per heavy atom. The van der Waals surface area contributed by atoms with Crippen LogP contribution in [0.1, 0.15) is 5.56 Å². The summed E-state index contributed by atoms with van der Waals surface area (Å²) in [6, 6.07) is 2.51. The van der Waals surface area contributed by atoms with Crippen molar-refractivity contribution in [3.05, 3.63) is 23.5 Å². The topological polar surface area (TPSA) is 66.5 Å². The van der Waals surface area contributed by atoms with Crippen LogP contribution >= 0.6 is 0 Å². The van der Waals surface area contributed by atoms with E-state index in [9.17, 15) is 17.6 Å². The van der Waals surface area contributed by atoms with Crippen molar-refractivity contribution < 1.29 is 17.6 Å². The molecule has 1 aromatic rings. The zero-order chi connectivity index (χ0) is 12.8. The van der Waals surface area contributed by atoms with Crippen LogP contribution in [0.3, 0.4) is 0 Å². The number of likely N-dealkylation sites (N-methyl/N-ethyl adjacent to an activating group) is 1. The second kappa shape index (κ2) is 3.69. The van der Waals surface area contributed by atoms with Gasteiger partial charge in [-0.05, 0) is 11.6 Å². The number of hydrogen-bond acceptors (Lipinski definition) is 3. The number of hydrogen-bond donors (Lipinski definition) is 1. The second-order valence-electron chi connectivity index (χ2n) is 3.96. The summed E-state index contributed by atoms with van der Waals surface area (Å²) in [4.78, 5) is 12.8. The summed E-state index contributed by atoms with van der Waals surface area (Å²) in [5.41, 5.74) is 0.964. The lowest BCUT2D eigenvalue weighted by atomic mass is 10.1. The first-order valence-electron chi connectivity index (χ1n) is 4.85. The van der Waals surface area contributed by atoms with Gasteiger partial charge in [0.1, 0.15) is 5.82 Å². The van der Waals surface area contributed by atoms with Crippen molar-refractivity contribution in [2.75, 3.05) is 22.9 Å². The van der Waals surface area contributed by atoms with Gasteiger partial charge in [-0.15, -0.1) is 0 Å². The van der Waals surface area contributed by atoms with Crippen LogP contribution in [-0.4, -0.2) is 27.6 Å². The van der Waals surface area contributed by atoms with Crippen molar-refractivity contribution in [1.29, 1.82) is 0 Å². The number of halogens is 1. The van der Waals surface area contributed by atoms with E-state index in [4.69, 9.17) is 0 Å². The second-order valence-corrected chi connectivity index (χ2v) is 5.71. The molecule has 1 N–H and O–H groups in total. The first-order chi connectivity index (χ1) is 7.78. The zero-order valence-corrected chi connectivity index (χ0v) is 10.1. The number of anilines is 2. The SMILES string of the molecule is CN1C(=O)Cc2cc(NS(C)(=O)=O)c(F)cc21. The van der Waals surface area contributed by atoms with Gasteiger partial charge in [-0.25, -0.2) is 12.8 Å². The maximum Gasteiger partial charge on any atom is 0.231 e. The van der Waals surface area contributed by atoms with Crippen molar-refractivity contribution in [3.8, 4) is 0 Å². The minimum atomic E-state index is -3.53. The van der Waals surface area contributed by atoms with E-state index >= 15 is 0 Å². The molecule has 1 aromatic carbocycles. The number of sulfonamides is 1. The highest BCUT2D eigenvalue weighted by Gasteiger charge is 2.26. The standard InChI is InChI=1S/C10H11FN2O3S/c1-13-9-5-7(11)8(12-17(2,15)16)3-6(9)4-10(13)14/h3,5,12H,4H2,1-2H3. The number of carbonyl (C=O) groups is 1. The van der Waals surface area contributed by atoms with Crippen molar-refractivity contribution in [2.45, 2.75) is 6.42 Å². The molecule has 0 unspecified atom stereocenters. The summed E-state index contributed by atoms with van der Waals surface area (Å²) < 4.78 is 37.7. The van der Waals surface area contributed by atoms with Gasteiger partial charge in [-0.3, -0.25) is 9.52 Å². The summed E-state index contributed by atoms with van der Waals surface area (Å²) in [5.74, 6) is -0.841. The molecule has 0 bridgehead atoms. The van der Waals surface area contributed by atoms with Crippen LogP contribution in [0.15, 0.2) is 12.1 Å². The van der Waals surface area contributed by atoms with Crippen LogP contribution in [-0.2, 0) is 21.2 Å². The van der Waals surface area contributed by atoms with E-state index in [1.807, 2.05) is 0 Å². The minimum Gasteiger partial charge on any atom is -0.315 e. The molecule has 0 aromatic heterocycles. The molecule has 1 aliphatic rings. The lowest BCUT2D eigenvalue weighted by Gasteiger charge is -2.12. The van der Waals surface area contributed by atoms with E-state index < -0.39 is 15.8 Å². The van der Waals surface area contributed by atoms with Crippen molar-refractivity contribution in [2.24, 2.45) is 0 Å². The van der Waals surface area contributed by atoms with Gasteiger partial charge in [-0.2, -0.15) is 0 Å². The average molecular weight is 258 g/mol. The van der Waals surface area contributed by atoms with Gasteiger partial charge in [0.25, 0.3) is 0 Å². The molecule has 5 nitrogen and oxygen atoms in total. The van der Waals surface area contributed by atoms with Crippen molar-refractivity contribution in [1.82, 2.24) is 0 Å². The minimum absolute atomic E-state index is 0.130. The number of rotatable bonds is 2. The molecule has 1 amide bonds. The van der Waals surface area contributed by atoms with E-state index in [1.54, 1.807) is 7.05 Å². The van der Waals surface area contributed by atoms with Crippen LogP contribution in [0.2, 0.25) is 0 Å². The first kappa shape index (κ1) is 11.8. The van der Waals surface area contributed by atoms with Gasteiger partial charge in [-0.1, -0.05) is 0 Å². The lowest BCUT2D eigenvalue weighted by Crippen LogP contribution is -2.20. The molecule has 0 atom stereocenters. The molecule has 17 heavy (non-hydrogen) atoms. The number of carbonyl (C=O) groups excluding carboxylic acids is 1. The fraction of sp³-hybridized carbons (Fsp3) is 0.300. The summed E-state index contributed by atoms with van der Waals surface area (Å²) in [5, 5.41) is 0. The molecule has 0 aliphatic carbocycles. The zero-order valence-electron chi connectivity index (χ0n) is 9.32. The van der Waals surface area contributed by atoms with Crippen molar-refractivity contribution in [3.63, 3.8) is 0 Å². The van der Waals surface area contributed by atoms with E-state index in [0.717, 1.165) is 12.3 Å². The van der Waals surface area contributed by atoms with E-state index in [-0.39, 0.29) is 18.0 Å². The molecule has 0 saturated heterocycles. The van der Waals surface area contributed by atoms with Gasteiger partial charge in [0, 0.05) is 13.1 Å². The first-order valence-corrected chi connectivity index (χ1v) is 6.74. The number of nitrogens with one attached hydrogen (secondary N) is 1. The fourth-order valence-corrected chi connectivity index (χ4v) is 2.31. The third kappa shape index (κ3) is 2.23. The summed E-state index contributed by atoms with van der Waals surface area (Å²) in [7, 11) is -1.98. The molecule has 7 heteroatoms. The largest absolute Gasteiger partial charge is 0.315 e. The van der Waals surface area contributed by atoms with Crippen LogP contribution in [0, 0.1) is 5.82 Å². The Hall–Kier alpha value is -1.63. The normalized spacial score (nSPS) is 15.0. The Morgan fingerprint density at radius 3 is 2.65 bits per heavy atom. The Bertz CT molecular complexity index is 598. The molecule has 92 valence electrons. The van der Waals surface area contributed by atoms with Gasteiger partial charge in [0.2, 0.25) is 15.9 Å². The van der Waals surface area contributed by atoms with E-state index in [1.165, 1.54) is 11.0 Å². The highest BCUT2D eigenvalue weighted by molar-refractivity contribution is 7.92. The van der Waals surface area contributed by atoms with Gasteiger partial charge in [0.05, 0.1) is 24.1 Å². The summed E-state index contributed by atoms with van der Waals surface area (Å²) >= 11 is 0. The predicted octanol–water partition coefficient (Wildman–Crippen LogP) is 0.716. The number of nitrogens with zero attached hydrogens (tertiary/aromatic N) is 1. The Kier molecular flexibility index (Phi) is 2.57. The predicted molar refractivity (Wildman–Crippen MR) is 62.0 cm³/mol. The maximum atomic E-state index is 13.6. The maximum absolute atomic E-state index is 13.6. The monoisotopic (exact) mass is 258 g/mol. The fourth-order valence-electron chi connectivity index (χ4n) is 1.76. The number of fused-ring (bicyclic) bond motifs is 1. The van der Waals surface area contributed by atoms with Crippen LogP contribution in [0.4, 0.5) is 15.8 Å². The molecule has 2 rings (SSSR count). The Morgan fingerprint density at radius 1 is 1.41 bits per heavy atom. The van der Waals surface area contributed by atoms with Crippen LogP contribution in [0.5, 0.6) is 0 Å². The third-order valence-corrected chi connectivity index (χ3v) is 3.13. The van der Waals surface area contributed by atoms with Crippen molar-refractivity contribution >= 4 is 27.3 Å². The van der Waals surface area contributed by atoms with E-state index in [0.29, 0.717) is 11.3 Å². The molecule has 0 spiro atoms. The molecular weight excluding hydrogens is 247 g/mol. The smallest absolute Gasteiger partial charge is 0.231 e. The molecular formula is C10H11FN2O3S. The lowest BCUT2D eigenvalue weighted by molar-refractivity contribution is -0.117. The molecule has 0 radical (unpaired) electrons. The Labute approximate surface area is 98.3 Å². The molecule has 1 heterocycles. The molecule has 0 fully saturated rings. The number of amides is 1. The summed E-state index contributed by atoms with van der Waals surface area (Å²) in [6.07, 6.45) is 1.10. The summed E-state index contributed by atoms with van der Waals surface area (Å²) in [6.45, 7) is 0. The highest BCUT2D eigenvalue weighted by atomic mass is 32.2. The van der Waals surface area contributed by atoms with Crippen LogP contribution < -0.4 is 9.62 Å². The van der Waals surface area contributed by atoms with Gasteiger partial charge < -0.3 is 4.90 Å². The third-order valence-electron chi connectivity index (χ3n) is 2.54. The quantitative estimate of drug-likeness (QED) is 0.849. The highest BCUT2D eigenvalue weighted by Crippen LogP contribution is 2.32. The van der Waals surface area contributed by atoms with Gasteiger partial charge in [0.15, 0.2) is 0 Å². The Balaban J connectivity index is 2.47.